The number of ether oxygens (including phenoxy) is 4. The molecule has 0 unspecified atom stereocenters. The van der Waals surface area contributed by atoms with E-state index in [2.05, 4.69) is 6.58 Å². The second-order valence-electron chi connectivity index (χ2n) is 9.50. The summed E-state index contributed by atoms with van der Waals surface area (Å²) < 4.78 is 23.1. The monoisotopic (exact) mass is 388 g/mol. The molecule has 1 saturated heterocycles. The molecule has 6 nitrogen and oxygen atoms in total. The van der Waals surface area contributed by atoms with Gasteiger partial charge in [0, 0.05) is 26.1 Å². The van der Waals surface area contributed by atoms with Crippen molar-refractivity contribution in [1.29, 1.82) is 0 Å². The summed E-state index contributed by atoms with van der Waals surface area (Å²) in [5.41, 5.74) is -1.45. The van der Waals surface area contributed by atoms with E-state index in [1.54, 1.807) is 14.2 Å². The summed E-state index contributed by atoms with van der Waals surface area (Å²) in [6, 6.07) is 0. The molecule has 152 valence electrons. The van der Waals surface area contributed by atoms with Gasteiger partial charge in [-0.15, -0.1) is 0 Å². The van der Waals surface area contributed by atoms with E-state index in [0.717, 1.165) is 24.8 Å². The molecule has 4 fully saturated rings. The molecule has 28 heavy (non-hydrogen) atoms. The Morgan fingerprint density at radius 1 is 1.32 bits per heavy atom. The second kappa shape index (κ2) is 5.28. The van der Waals surface area contributed by atoms with Crippen LogP contribution in [0.2, 0.25) is 0 Å². The van der Waals surface area contributed by atoms with Gasteiger partial charge in [-0.3, -0.25) is 9.59 Å². The van der Waals surface area contributed by atoms with Crippen molar-refractivity contribution in [2.45, 2.75) is 49.9 Å². The lowest BCUT2D eigenvalue weighted by atomic mass is 9.61. The van der Waals surface area contributed by atoms with Crippen molar-refractivity contribution in [2.75, 3.05) is 21.3 Å². The predicted octanol–water partition coefficient (Wildman–Crippen LogP) is 2.42. The maximum Gasteiger partial charge on any atom is 0.316 e. The van der Waals surface area contributed by atoms with E-state index in [9.17, 15) is 9.59 Å². The van der Waals surface area contributed by atoms with Gasteiger partial charge in [-0.2, -0.15) is 0 Å². The third-order valence-electron chi connectivity index (χ3n) is 8.89. The Balaban J connectivity index is 1.75. The van der Waals surface area contributed by atoms with Crippen LogP contribution in [0.25, 0.3) is 0 Å². The highest BCUT2D eigenvalue weighted by Gasteiger charge is 2.83. The Bertz CT molecular complexity index is 818. The fourth-order valence-electron chi connectivity index (χ4n) is 7.85. The van der Waals surface area contributed by atoms with Crippen molar-refractivity contribution in [3.8, 4) is 0 Å². The van der Waals surface area contributed by atoms with Gasteiger partial charge in [0.1, 0.15) is 11.0 Å². The number of hydrogen-bond donors (Lipinski definition) is 0. The molecule has 4 aliphatic carbocycles. The lowest BCUT2D eigenvalue weighted by Crippen LogP contribution is -2.51. The molecule has 0 aromatic heterocycles. The lowest BCUT2D eigenvalue weighted by molar-refractivity contribution is -0.165. The molecule has 6 heteroatoms. The molecule has 5 aliphatic rings. The van der Waals surface area contributed by atoms with E-state index in [-0.39, 0.29) is 29.2 Å². The fraction of sp³-hybridized carbons (Fsp3) is 0.727. The summed E-state index contributed by atoms with van der Waals surface area (Å²) in [4.78, 5) is 26.4. The van der Waals surface area contributed by atoms with E-state index in [1.165, 1.54) is 7.11 Å². The van der Waals surface area contributed by atoms with Gasteiger partial charge in [-0.1, -0.05) is 12.7 Å². The van der Waals surface area contributed by atoms with Crippen molar-refractivity contribution in [3.63, 3.8) is 0 Å². The van der Waals surface area contributed by atoms with E-state index in [1.807, 2.05) is 19.1 Å². The van der Waals surface area contributed by atoms with Crippen LogP contribution in [0.3, 0.4) is 0 Å². The zero-order chi connectivity index (χ0) is 20.1. The van der Waals surface area contributed by atoms with E-state index in [0.29, 0.717) is 6.42 Å². The average Bonchev–Trinajstić information content (AvgIpc) is 3.12. The number of esters is 2. The fourth-order valence-corrected chi connectivity index (χ4v) is 7.85. The summed E-state index contributed by atoms with van der Waals surface area (Å²) in [6.45, 7) is 6.21. The molecular formula is C22H28O6. The Morgan fingerprint density at radius 2 is 2.07 bits per heavy atom. The zero-order valence-electron chi connectivity index (χ0n) is 16.9. The number of carbonyl (C=O) groups excluding carboxylic acids is 2. The molecule has 0 radical (unpaired) electrons. The van der Waals surface area contributed by atoms with Crippen LogP contribution in [-0.2, 0) is 28.5 Å². The molecule has 5 rings (SSSR count). The highest BCUT2D eigenvalue weighted by atomic mass is 16.6. The van der Waals surface area contributed by atoms with Gasteiger partial charge < -0.3 is 18.9 Å². The molecule has 0 aromatic rings. The molecule has 0 amide bonds. The van der Waals surface area contributed by atoms with Gasteiger partial charge in [-0.05, 0) is 49.7 Å². The van der Waals surface area contributed by atoms with Crippen LogP contribution in [0.15, 0.2) is 24.3 Å². The molecule has 1 aliphatic heterocycles. The quantitative estimate of drug-likeness (QED) is 0.546. The number of hydrogen-bond acceptors (Lipinski definition) is 6. The van der Waals surface area contributed by atoms with Gasteiger partial charge in [0.05, 0.1) is 24.7 Å². The summed E-state index contributed by atoms with van der Waals surface area (Å²) >= 11 is 0. The molecule has 3 saturated carbocycles. The minimum Gasteiger partial charge on any atom is -0.469 e. The summed E-state index contributed by atoms with van der Waals surface area (Å²) in [6.07, 6.45) is 6.60. The lowest BCUT2D eigenvalue weighted by Gasteiger charge is -2.45. The van der Waals surface area contributed by atoms with Crippen molar-refractivity contribution >= 4 is 11.9 Å². The highest BCUT2D eigenvalue weighted by molar-refractivity contribution is 5.87. The van der Waals surface area contributed by atoms with E-state index < -0.39 is 28.6 Å². The van der Waals surface area contributed by atoms with E-state index >= 15 is 0 Å². The summed E-state index contributed by atoms with van der Waals surface area (Å²) in [7, 11) is 4.75. The third kappa shape index (κ3) is 1.66. The van der Waals surface area contributed by atoms with Gasteiger partial charge in [-0.25, -0.2) is 0 Å². The molecular weight excluding hydrogens is 360 g/mol. The highest BCUT2D eigenvalue weighted by Crippen LogP contribution is 2.78. The largest absolute Gasteiger partial charge is 0.469 e. The van der Waals surface area contributed by atoms with Gasteiger partial charge >= 0.3 is 11.9 Å². The van der Waals surface area contributed by atoms with Gasteiger partial charge in [0.25, 0.3) is 0 Å². The van der Waals surface area contributed by atoms with Crippen LogP contribution in [0, 0.1) is 28.6 Å². The van der Waals surface area contributed by atoms with Gasteiger partial charge in [0.2, 0.25) is 0 Å². The van der Waals surface area contributed by atoms with E-state index in [4.69, 9.17) is 18.9 Å². The summed E-state index contributed by atoms with van der Waals surface area (Å²) in [5, 5.41) is 0. The molecule has 1 heterocycles. The predicted molar refractivity (Wildman–Crippen MR) is 99.1 cm³/mol. The number of carbonyl (C=O) groups is 2. The van der Waals surface area contributed by atoms with Crippen molar-refractivity contribution in [3.05, 3.63) is 24.3 Å². The Morgan fingerprint density at radius 3 is 2.71 bits per heavy atom. The molecule has 8 atom stereocenters. The molecule has 4 bridgehead atoms. The maximum absolute atomic E-state index is 13.2. The average molecular weight is 388 g/mol. The SMILES string of the molecule is C=C1C[C@]23C[C@@]1(OC)CC[C@H]2[C@@]12C=C[C@H](OC)[C@@](C)(C(=O)O1)[C@H]2[C@@H]3C(=O)OC. The topological polar surface area (TPSA) is 71.1 Å². The smallest absolute Gasteiger partial charge is 0.316 e. The van der Waals surface area contributed by atoms with Crippen LogP contribution in [0.5, 0.6) is 0 Å². The minimum absolute atomic E-state index is 0.0384. The molecule has 1 spiro atoms. The first-order valence-corrected chi connectivity index (χ1v) is 10.0. The van der Waals surface area contributed by atoms with Crippen LogP contribution >= 0.6 is 0 Å². The zero-order valence-corrected chi connectivity index (χ0v) is 16.9. The first-order valence-electron chi connectivity index (χ1n) is 10.0. The van der Waals surface area contributed by atoms with Crippen molar-refractivity contribution < 1.29 is 28.5 Å². The molecule has 0 aromatic carbocycles. The first kappa shape index (κ1) is 18.4. The van der Waals surface area contributed by atoms with Crippen LogP contribution in [0.1, 0.15) is 32.6 Å². The third-order valence-corrected chi connectivity index (χ3v) is 8.89. The molecule has 0 N–H and O–H groups in total. The van der Waals surface area contributed by atoms with Crippen molar-refractivity contribution in [1.82, 2.24) is 0 Å². The maximum atomic E-state index is 13.2. The minimum atomic E-state index is -0.923. The second-order valence-corrected chi connectivity index (χ2v) is 9.50. The van der Waals surface area contributed by atoms with Crippen LogP contribution < -0.4 is 0 Å². The van der Waals surface area contributed by atoms with Crippen LogP contribution in [0.4, 0.5) is 0 Å². The van der Waals surface area contributed by atoms with Crippen LogP contribution in [-0.4, -0.2) is 50.6 Å². The number of fused-ring (bicyclic) bond motifs is 1. The van der Waals surface area contributed by atoms with Gasteiger partial charge in [0.15, 0.2) is 0 Å². The Kier molecular flexibility index (Phi) is 3.46. The first-order chi connectivity index (χ1) is 13.3. The standard InChI is InChI=1S/C22H28O6/c1-12-10-20-11-21(12,27-5)8-6-13(20)22-9-7-14(25-3)19(2,18(24)28-22)16(22)15(20)17(23)26-4/h7,9,13-16H,1,6,8,10-11H2,2-5H3/t13-,14+,15-,16-,19-,20+,21+,22-/m1/s1. The summed E-state index contributed by atoms with van der Waals surface area (Å²) in [5.74, 6) is -1.29. The van der Waals surface area contributed by atoms with Crippen molar-refractivity contribution in [2.24, 2.45) is 28.6 Å². The number of rotatable bonds is 3. The normalized spacial score (nSPS) is 53.0. The Hall–Kier alpha value is -1.66. The Labute approximate surface area is 165 Å². The number of methoxy groups -OCH3 is 3.